The van der Waals surface area contributed by atoms with Gasteiger partial charge < -0.3 is 18.9 Å². The first-order valence-corrected chi connectivity index (χ1v) is 12.0. The van der Waals surface area contributed by atoms with E-state index in [0.717, 1.165) is 0 Å². The number of carbonyl (C=O) groups is 3. The highest BCUT2D eigenvalue weighted by Gasteiger charge is 2.38. The van der Waals surface area contributed by atoms with Gasteiger partial charge in [0, 0.05) is 5.56 Å². The predicted molar refractivity (Wildman–Crippen MR) is 137 cm³/mol. The Hall–Kier alpha value is -3.21. The predicted octanol–water partition coefficient (Wildman–Crippen LogP) is 6.90. The second kappa shape index (κ2) is 10.8. The van der Waals surface area contributed by atoms with Crippen molar-refractivity contribution in [3.8, 4) is 17.1 Å². The summed E-state index contributed by atoms with van der Waals surface area (Å²) in [6, 6.07) is 8.91. The normalized spacial score (nSPS) is 11.9. The number of amides is 2. The summed E-state index contributed by atoms with van der Waals surface area (Å²) >= 11 is 3.42. The molecule has 11 heteroatoms. The fourth-order valence-corrected chi connectivity index (χ4v) is 3.31. The molecule has 2 aromatic rings. The Balaban J connectivity index is 2.76. The SMILES string of the molecule is CC(C)(C)OC(=O)Oc1nnc(-c2ccccc2)c(Br)c1N(C(=O)OC(C)(C)C)C(=O)OC(C)(C)C. The summed E-state index contributed by atoms with van der Waals surface area (Å²) in [5.74, 6) is -0.465. The minimum atomic E-state index is -1.11. The number of nitrogens with zero attached hydrogens (tertiary/aromatic N) is 3. The summed E-state index contributed by atoms with van der Waals surface area (Å²) in [4.78, 5) is 39.7. The molecule has 0 spiro atoms. The molecule has 2 rings (SSSR count). The molecule has 1 aromatic heterocycles. The van der Waals surface area contributed by atoms with Gasteiger partial charge in [-0.25, -0.2) is 14.4 Å². The van der Waals surface area contributed by atoms with Crippen LogP contribution in [0.5, 0.6) is 5.88 Å². The van der Waals surface area contributed by atoms with Crippen LogP contribution in [0.2, 0.25) is 0 Å². The summed E-state index contributed by atoms with van der Waals surface area (Å²) in [7, 11) is 0. The van der Waals surface area contributed by atoms with Gasteiger partial charge in [-0.1, -0.05) is 30.3 Å². The van der Waals surface area contributed by atoms with Gasteiger partial charge in [-0.05, 0) is 78.2 Å². The van der Waals surface area contributed by atoms with Crippen LogP contribution in [0.25, 0.3) is 11.3 Å². The minimum Gasteiger partial charge on any atom is -0.443 e. The maximum absolute atomic E-state index is 13.3. The third kappa shape index (κ3) is 8.47. The van der Waals surface area contributed by atoms with Crippen molar-refractivity contribution in [3.63, 3.8) is 0 Å². The number of imide groups is 1. The van der Waals surface area contributed by atoms with Gasteiger partial charge in [0.2, 0.25) is 0 Å². The van der Waals surface area contributed by atoms with Gasteiger partial charge in [0.1, 0.15) is 28.2 Å². The summed E-state index contributed by atoms with van der Waals surface area (Å²) < 4.78 is 21.6. The fraction of sp³-hybridized carbons (Fsp3) is 0.480. The molecular formula is C25H32BrN3O7. The number of rotatable bonds is 3. The van der Waals surface area contributed by atoms with Crippen molar-refractivity contribution in [1.29, 1.82) is 0 Å². The summed E-state index contributed by atoms with van der Waals surface area (Å²) in [5, 5.41) is 8.15. The number of halogens is 1. The zero-order chi connectivity index (χ0) is 27.5. The lowest BCUT2D eigenvalue weighted by Crippen LogP contribution is -2.44. The second-order valence-corrected chi connectivity index (χ2v) is 11.5. The lowest BCUT2D eigenvalue weighted by molar-refractivity contribution is 0.0189. The van der Waals surface area contributed by atoms with Gasteiger partial charge in [0.25, 0.3) is 5.88 Å². The lowest BCUT2D eigenvalue weighted by atomic mass is 10.1. The summed E-state index contributed by atoms with van der Waals surface area (Å²) in [6.07, 6.45) is -3.25. The van der Waals surface area contributed by atoms with Crippen LogP contribution in [0.15, 0.2) is 34.8 Å². The van der Waals surface area contributed by atoms with E-state index in [1.165, 1.54) is 0 Å². The summed E-state index contributed by atoms with van der Waals surface area (Å²) in [6.45, 7) is 14.8. The van der Waals surface area contributed by atoms with Gasteiger partial charge >= 0.3 is 18.3 Å². The van der Waals surface area contributed by atoms with Gasteiger partial charge in [0.05, 0.1) is 4.47 Å². The number of hydrogen-bond donors (Lipinski definition) is 0. The van der Waals surface area contributed by atoms with Crippen LogP contribution < -0.4 is 9.64 Å². The van der Waals surface area contributed by atoms with Gasteiger partial charge in [-0.3, -0.25) is 0 Å². The zero-order valence-corrected chi connectivity index (χ0v) is 23.6. The van der Waals surface area contributed by atoms with E-state index in [1.54, 1.807) is 86.6 Å². The fourth-order valence-electron chi connectivity index (χ4n) is 2.66. The molecule has 0 unspecified atom stereocenters. The molecular weight excluding hydrogens is 534 g/mol. The van der Waals surface area contributed by atoms with Gasteiger partial charge in [-0.15, -0.1) is 10.2 Å². The first-order chi connectivity index (χ1) is 16.4. The minimum absolute atomic E-state index is 0.138. The zero-order valence-electron chi connectivity index (χ0n) is 22.0. The lowest BCUT2D eigenvalue weighted by Gasteiger charge is -2.29. The van der Waals surface area contributed by atoms with E-state index in [-0.39, 0.29) is 15.9 Å². The Morgan fingerprint density at radius 2 is 1.22 bits per heavy atom. The number of ether oxygens (including phenoxy) is 4. The number of benzene rings is 1. The molecule has 36 heavy (non-hydrogen) atoms. The molecule has 10 nitrogen and oxygen atoms in total. The molecule has 0 fully saturated rings. The maximum Gasteiger partial charge on any atom is 0.515 e. The Labute approximate surface area is 219 Å². The van der Waals surface area contributed by atoms with E-state index in [2.05, 4.69) is 26.1 Å². The molecule has 0 saturated heterocycles. The number of hydrogen-bond acceptors (Lipinski definition) is 9. The first-order valence-electron chi connectivity index (χ1n) is 11.2. The molecule has 0 aliphatic heterocycles. The third-order valence-electron chi connectivity index (χ3n) is 3.85. The molecule has 0 aliphatic rings. The van der Waals surface area contributed by atoms with E-state index in [0.29, 0.717) is 10.5 Å². The average Bonchev–Trinajstić information content (AvgIpc) is 2.67. The van der Waals surface area contributed by atoms with E-state index in [1.807, 2.05) is 6.07 Å². The first kappa shape index (κ1) is 29.0. The number of aromatic nitrogens is 2. The van der Waals surface area contributed by atoms with E-state index < -0.39 is 41.0 Å². The average molecular weight is 566 g/mol. The smallest absolute Gasteiger partial charge is 0.443 e. The van der Waals surface area contributed by atoms with Gasteiger partial charge in [-0.2, -0.15) is 4.90 Å². The Bertz CT molecular complexity index is 1090. The summed E-state index contributed by atoms with van der Waals surface area (Å²) in [5.41, 5.74) is -2.13. The van der Waals surface area contributed by atoms with Crippen LogP contribution in [-0.4, -0.2) is 45.3 Å². The highest BCUT2D eigenvalue weighted by Crippen LogP contribution is 2.41. The van der Waals surface area contributed by atoms with Crippen LogP contribution in [-0.2, 0) is 14.2 Å². The Morgan fingerprint density at radius 1 is 0.750 bits per heavy atom. The van der Waals surface area contributed by atoms with Crippen molar-refractivity contribution in [2.24, 2.45) is 0 Å². The van der Waals surface area contributed by atoms with Crippen LogP contribution in [0, 0.1) is 0 Å². The monoisotopic (exact) mass is 565 g/mol. The van der Waals surface area contributed by atoms with Crippen molar-refractivity contribution in [3.05, 3.63) is 34.8 Å². The molecule has 0 N–H and O–H groups in total. The van der Waals surface area contributed by atoms with Crippen molar-refractivity contribution in [2.75, 3.05) is 4.90 Å². The van der Waals surface area contributed by atoms with Crippen molar-refractivity contribution in [1.82, 2.24) is 10.2 Å². The molecule has 0 aliphatic carbocycles. The van der Waals surface area contributed by atoms with Crippen LogP contribution in [0.1, 0.15) is 62.3 Å². The van der Waals surface area contributed by atoms with Crippen LogP contribution in [0.4, 0.5) is 20.1 Å². The highest BCUT2D eigenvalue weighted by molar-refractivity contribution is 9.10. The highest BCUT2D eigenvalue weighted by atomic mass is 79.9. The molecule has 1 aromatic carbocycles. The van der Waals surface area contributed by atoms with Crippen LogP contribution >= 0.6 is 15.9 Å². The number of anilines is 1. The topological polar surface area (TPSA) is 117 Å². The van der Waals surface area contributed by atoms with Crippen molar-refractivity contribution in [2.45, 2.75) is 79.1 Å². The van der Waals surface area contributed by atoms with E-state index in [4.69, 9.17) is 18.9 Å². The largest absolute Gasteiger partial charge is 0.515 e. The van der Waals surface area contributed by atoms with Gasteiger partial charge in [0.15, 0.2) is 0 Å². The molecule has 0 radical (unpaired) electrons. The van der Waals surface area contributed by atoms with Crippen LogP contribution in [0.3, 0.4) is 0 Å². The molecule has 0 bridgehead atoms. The molecule has 1 heterocycles. The standard InChI is InChI=1S/C25H32BrN3O7/c1-23(2,3)34-20(30)29(21(31)35-24(4,5)6)18-16(26)17(15-13-11-10-12-14-15)27-28-19(18)33-22(32)36-25(7,8)9/h10-14H,1-9H3. The molecule has 196 valence electrons. The number of carbonyl (C=O) groups excluding carboxylic acids is 3. The second-order valence-electron chi connectivity index (χ2n) is 10.7. The maximum atomic E-state index is 13.3. The third-order valence-corrected chi connectivity index (χ3v) is 4.60. The Kier molecular flexibility index (Phi) is 8.72. The molecule has 0 atom stereocenters. The Morgan fingerprint density at radius 3 is 1.67 bits per heavy atom. The van der Waals surface area contributed by atoms with Crippen molar-refractivity contribution >= 4 is 40.0 Å². The molecule has 2 amide bonds. The van der Waals surface area contributed by atoms with E-state index in [9.17, 15) is 14.4 Å². The van der Waals surface area contributed by atoms with E-state index >= 15 is 0 Å². The van der Waals surface area contributed by atoms with Crippen molar-refractivity contribution < 1.29 is 33.3 Å². The molecule has 0 saturated carbocycles. The quantitative estimate of drug-likeness (QED) is 0.289.